The Morgan fingerprint density at radius 2 is 1.97 bits per heavy atom. The highest BCUT2D eigenvalue weighted by Crippen LogP contribution is 2.36. The highest BCUT2D eigenvalue weighted by atomic mass is 19.4. The molecule has 8 nitrogen and oxygen atoms in total. The molecule has 0 aliphatic carbocycles. The van der Waals surface area contributed by atoms with Crippen LogP contribution in [-0.4, -0.2) is 42.3 Å². The van der Waals surface area contributed by atoms with Crippen LogP contribution in [0.15, 0.2) is 53.3 Å². The predicted octanol–water partition coefficient (Wildman–Crippen LogP) is 4.21. The van der Waals surface area contributed by atoms with Crippen molar-refractivity contribution < 1.29 is 32.2 Å². The van der Waals surface area contributed by atoms with E-state index in [1.807, 2.05) is 6.92 Å². The lowest BCUT2D eigenvalue weighted by Crippen LogP contribution is -2.34. The van der Waals surface area contributed by atoms with E-state index in [-0.39, 0.29) is 29.8 Å². The number of cyclic esters (lactones) is 1. The summed E-state index contributed by atoms with van der Waals surface area (Å²) >= 11 is 0. The minimum atomic E-state index is -4.59. The first-order valence-electron chi connectivity index (χ1n) is 11.3. The zero-order chi connectivity index (χ0) is 26.0. The number of carbonyl (C=O) groups excluding carboxylic acids is 2. The lowest BCUT2D eigenvalue weighted by molar-refractivity contribution is -0.147. The number of hydrogen-bond donors (Lipinski definition) is 2. The fourth-order valence-corrected chi connectivity index (χ4v) is 4.06. The Bertz CT molecular complexity index is 1350. The average molecular weight is 503 g/mol. The van der Waals surface area contributed by atoms with E-state index in [1.165, 1.54) is 35.2 Å². The second-order valence-electron chi connectivity index (χ2n) is 8.47. The number of nitrogens with zero attached hydrogens (tertiary/aromatic N) is 1. The van der Waals surface area contributed by atoms with Crippen LogP contribution in [0.4, 0.5) is 23.7 Å². The molecule has 3 N–H and O–H groups in total. The number of aromatic nitrogens is 1. The Hall–Kier alpha value is -3.86. The molecule has 0 spiro atoms. The number of esters is 1. The van der Waals surface area contributed by atoms with Crippen molar-refractivity contribution >= 4 is 28.5 Å². The Morgan fingerprint density at radius 1 is 1.22 bits per heavy atom. The normalized spacial score (nSPS) is 16.8. The van der Waals surface area contributed by atoms with Crippen molar-refractivity contribution in [2.75, 3.05) is 18.1 Å². The predicted molar refractivity (Wildman–Crippen MR) is 126 cm³/mol. The third-order valence-electron chi connectivity index (χ3n) is 5.85. The summed E-state index contributed by atoms with van der Waals surface area (Å²) in [5.41, 5.74) is 4.49. The zero-order valence-corrected chi connectivity index (χ0v) is 19.3. The summed E-state index contributed by atoms with van der Waals surface area (Å²) in [6.45, 7) is 1.81. The van der Waals surface area contributed by atoms with Gasteiger partial charge in [-0.1, -0.05) is 37.6 Å². The molecule has 1 aliphatic heterocycles. The molecule has 1 amide bonds. The van der Waals surface area contributed by atoms with E-state index in [9.17, 15) is 27.6 Å². The van der Waals surface area contributed by atoms with E-state index >= 15 is 0 Å². The number of benzene rings is 2. The summed E-state index contributed by atoms with van der Waals surface area (Å²) in [5, 5.41) is 0.589. The van der Waals surface area contributed by atoms with Crippen molar-refractivity contribution in [3.8, 4) is 11.3 Å². The van der Waals surface area contributed by atoms with Crippen molar-refractivity contribution in [2.24, 2.45) is 5.73 Å². The number of halogens is 3. The fourth-order valence-electron chi connectivity index (χ4n) is 4.06. The monoisotopic (exact) mass is 503 g/mol. The fraction of sp³-hybridized carbons (Fsp3) is 0.320. The maximum atomic E-state index is 13.4. The van der Waals surface area contributed by atoms with Gasteiger partial charge < -0.3 is 20.2 Å². The van der Waals surface area contributed by atoms with Gasteiger partial charge in [0.25, 0.3) is 5.56 Å². The topological polar surface area (TPSA) is 115 Å². The Labute approximate surface area is 203 Å². The molecule has 1 fully saturated rings. The van der Waals surface area contributed by atoms with Crippen molar-refractivity contribution in [3.05, 3.63) is 64.4 Å². The van der Waals surface area contributed by atoms with Crippen LogP contribution >= 0.6 is 0 Å². The number of fused-ring (bicyclic) bond motifs is 1. The molecule has 36 heavy (non-hydrogen) atoms. The van der Waals surface area contributed by atoms with Crippen LogP contribution in [0.3, 0.4) is 0 Å². The number of pyridine rings is 1. The molecule has 0 unspecified atom stereocenters. The number of H-pyrrole nitrogens is 1. The molecule has 2 aromatic carbocycles. The van der Waals surface area contributed by atoms with E-state index in [4.69, 9.17) is 15.2 Å². The molecule has 190 valence electrons. The minimum absolute atomic E-state index is 0.0249. The van der Waals surface area contributed by atoms with Crippen LogP contribution in [0.2, 0.25) is 0 Å². The smallest absolute Gasteiger partial charge is 0.417 e. The van der Waals surface area contributed by atoms with Crippen LogP contribution in [0.5, 0.6) is 0 Å². The first-order chi connectivity index (χ1) is 17.1. The van der Waals surface area contributed by atoms with Gasteiger partial charge in [-0.3, -0.25) is 14.5 Å². The van der Waals surface area contributed by atoms with E-state index < -0.39 is 41.5 Å². The number of rotatable bonds is 7. The standard InChI is InChI=1S/C25H24F3N3O5/c1-2-5-20(29)23(33)35-13-16-12-31(24(34)36-16)15-9-8-14-10-21(30-22(32)18(14)11-15)17-6-3-4-7-19(17)25(26,27)28/h3-4,6-11,16,20H,2,5,12-13,29H2,1H3,(H,30,32)/t16-,20+/m1/s1. The van der Waals surface area contributed by atoms with Gasteiger partial charge in [0.2, 0.25) is 0 Å². The Balaban J connectivity index is 1.56. The van der Waals surface area contributed by atoms with Crippen molar-refractivity contribution in [1.29, 1.82) is 0 Å². The highest BCUT2D eigenvalue weighted by molar-refractivity contribution is 5.95. The molecule has 1 aliphatic rings. The van der Waals surface area contributed by atoms with Gasteiger partial charge in [0.05, 0.1) is 12.1 Å². The van der Waals surface area contributed by atoms with Gasteiger partial charge in [-0.25, -0.2) is 4.79 Å². The lowest BCUT2D eigenvalue weighted by atomic mass is 10.0. The summed E-state index contributed by atoms with van der Waals surface area (Å²) in [6.07, 6.45) is -4.79. The van der Waals surface area contributed by atoms with Crippen molar-refractivity contribution in [3.63, 3.8) is 0 Å². The van der Waals surface area contributed by atoms with Crippen LogP contribution in [0.1, 0.15) is 25.3 Å². The number of ether oxygens (including phenoxy) is 2. The number of anilines is 1. The number of carbonyl (C=O) groups is 2. The first kappa shape index (κ1) is 25.2. The molecule has 0 bridgehead atoms. The van der Waals surface area contributed by atoms with E-state index in [0.717, 1.165) is 12.5 Å². The van der Waals surface area contributed by atoms with Gasteiger partial charge >= 0.3 is 18.2 Å². The lowest BCUT2D eigenvalue weighted by Gasteiger charge is -2.15. The van der Waals surface area contributed by atoms with E-state index in [0.29, 0.717) is 17.5 Å². The van der Waals surface area contributed by atoms with Gasteiger partial charge in [0, 0.05) is 22.3 Å². The third-order valence-corrected chi connectivity index (χ3v) is 5.85. The molecule has 1 saturated heterocycles. The van der Waals surface area contributed by atoms with Gasteiger partial charge in [0.1, 0.15) is 12.6 Å². The highest BCUT2D eigenvalue weighted by Gasteiger charge is 2.35. The summed E-state index contributed by atoms with van der Waals surface area (Å²) in [5.74, 6) is -0.577. The van der Waals surface area contributed by atoms with Gasteiger partial charge in [-0.2, -0.15) is 13.2 Å². The number of hydrogen-bond acceptors (Lipinski definition) is 6. The molecule has 2 atom stereocenters. The summed E-state index contributed by atoms with van der Waals surface area (Å²) < 4.78 is 50.7. The van der Waals surface area contributed by atoms with Gasteiger partial charge in [0.15, 0.2) is 6.10 Å². The number of alkyl halides is 3. The Morgan fingerprint density at radius 3 is 2.69 bits per heavy atom. The van der Waals surface area contributed by atoms with Crippen LogP contribution in [0, 0.1) is 0 Å². The number of nitrogens with one attached hydrogen (secondary N) is 1. The number of amides is 1. The third kappa shape index (κ3) is 5.20. The van der Waals surface area contributed by atoms with Crippen molar-refractivity contribution in [1.82, 2.24) is 4.98 Å². The number of nitrogens with two attached hydrogens (primary N) is 1. The van der Waals surface area contributed by atoms with Crippen LogP contribution < -0.4 is 16.2 Å². The van der Waals surface area contributed by atoms with Crippen LogP contribution in [0.25, 0.3) is 22.0 Å². The van der Waals surface area contributed by atoms with Gasteiger partial charge in [-0.05, 0) is 36.1 Å². The molecule has 3 aromatic rings. The quantitative estimate of drug-likeness (QED) is 0.467. The summed E-state index contributed by atoms with van der Waals surface area (Å²) in [6, 6.07) is 10.2. The molecule has 4 rings (SSSR count). The second kappa shape index (κ2) is 10.0. The average Bonchev–Trinajstić information content (AvgIpc) is 3.22. The van der Waals surface area contributed by atoms with Crippen molar-refractivity contribution in [2.45, 2.75) is 38.1 Å². The molecule has 0 saturated carbocycles. The molecule has 2 heterocycles. The molecule has 1 aromatic heterocycles. The van der Waals surface area contributed by atoms with E-state index in [1.54, 1.807) is 12.1 Å². The zero-order valence-electron chi connectivity index (χ0n) is 19.3. The Kier molecular flexibility index (Phi) is 7.02. The summed E-state index contributed by atoms with van der Waals surface area (Å²) in [7, 11) is 0. The SMILES string of the molecule is CCC[C@H](N)C(=O)OC[C@H]1CN(c2ccc3cc(-c4ccccc4C(F)(F)F)[nH]c(=O)c3c2)C(=O)O1. The maximum absolute atomic E-state index is 13.4. The maximum Gasteiger partial charge on any atom is 0.417 e. The largest absolute Gasteiger partial charge is 0.461 e. The minimum Gasteiger partial charge on any atom is -0.461 e. The molecule has 11 heteroatoms. The molecule has 0 radical (unpaired) electrons. The first-order valence-corrected chi connectivity index (χ1v) is 11.3. The second-order valence-corrected chi connectivity index (χ2v) is 8.47. The van der Waals surface area contributed by atoms with Gasteiger partial charge in [-0.15, -0.1) is 0 Å². The molecular formula is C25H24F3N3O5. The summed E-state index contributed by atoms with van der Waals surface area (Å²) in [4.78, 5) is 40.9. The number of aromatic amines is 1. The molecular weight excluding hydrogens is 479 g/mol. The van der Waals surface area contributed by atoms with E-state index in [2.05, 4.69) is 4.98 Å². The van der Waals surface area contributed by atoms with Crippen LogP contribution in [-0.2, 0) is 20.4 Å².